The van der Waals surface area contributed by atoms with Crippen molar-refractivity contribution in [1.82, 2.24) is 25.4 Å². The summed E-state index contributed by atoms with van der Waals surface area (Å²) in [7, 11) is 0. The third kappa shape index (κ3) is 2.63. The van der Waals surface area contributed by atoms with Crippen LogP contribution < -0.4 is 10.6 Å². The Balaban J connectivity index is 1.65. The maximum Gasteiger partial charge on any atom is 0.254 e. The second kappa shape index (κ2) is 5.19. The molecule has 1 fully saturated rings. The largest absolute Gasteiger partial charge is 0.352 e. The minimum absolute atomic E-state index is 0.0814. The molecule has 3 heterocycles. The molecular weight excluding hydrogens is 242 g/mol. The van der Waals surface area contributed by atoms with E-state index in [1.807, 2.05) is 12.1 Å². The zero-order valence-electron chi connectivity index (χ0n) is 10.4. The Hall–Kier alpha value is -2.21. The lowest BCUT2D eigenvalue weighted by Gasteiger charge is -2.26. The molecule has 3 rings (SSSR count). The van der Waals surface area contributed by atoms with Crippen LogP contribution in [0.3, 0.4) is 0 Å². The van der Waals surface area contributed by atoms with Crippen molar-refractivity contribution in [3.8, 4) is 5.69 Å². The van der Waals surface area contributed by atoms with Gasteiger partial charge in [-0.1, -0.05) is 0 Å². The monoisotopic (exact) mass is 257 g/mol. The first-order chi connectivity index (χ1) is 9.33. The summed E-state index contributed by atoms with van der Waals surface area (Å²) in [5, 5.41) is 10.3. The van der Waals surface area contributed by atoms with Gasteiger partial charge in [-0.15, -0.1) is 0 Å². The number of carbonyl (C=O) groups excluding carboxylic acids is 1. The summed E-state index contributed by atoms with van der Waals surface area (Å²) >= 11 is 0. The summed E-state index contributed by atoms with van der Waals surface area (Å²) in [4.78, 5) is 16.0. The molecule has 2 aromatic rings. The molecule has 0 radical (unpaired) electrons. The van der Waals surface area contributed by atoms with Crippen LogP contribution in [0.2, 0.25) is 0 Å². The number of aromatic nitrogens is 3. The Morgan fingerprint density at radius 1 is 1.47 bits per heavy atom. The number of rotatable bonds is 4. The van der Waals surface area contributed by atoms with Crippen LogP contribution in [-0.2, 0) is 0 Å². The highest BCUT2D eigenvalue weighted by Crippen LogP contribution is 2.07. The second-order valence-electron chi connectivity index (χ2n) is 4.62. The molecule has 6 nitrogen and oxygen atoms in total. The molecule has 0 aliphatic carbocycles. The smallest absolute Gasteiger partial charge is 0.254 e. The summed E-state index contributed by atoms with van der Waals surface area (Å²) in [5.41, 5.74) is 1.40. The predicted octanol–water partition coefficient (Wildman–Crippen LogP) is 0.216. The normalized spacial score (nSPS) is 14.9. The SMILES string of the molecule is O=C(NCC1CNC1)c1cnn(-c2cccnc2)c1. The van der Waals surface area contributed by atoms with Crippen LogP contribution in [0.1, 0.15) is 10.4 Å². The van der Waals surface area contributed by atoms with E-state index in [-0.39, 0.29) is 5.91 Å². The number of carbonyl (C=O) groups is 1. The number of pyridine rings is 1. The van der Waals surface area contributed by atoms with Crippen molar-refractivity contribution in [2.45, 2.75) is 0 Å². The van der Waals surface area contributed by atoms with Gasteiger partial charge in [-0.25, -0.2) is 4.68 Å². The van der Waals surface area contributed by atoms with Gasteiger partial charge >= 0.3 is 0 Å². The number of hydrogen-bond acceptors (Lipinski definition) is 4. The summed E-state index contributed by atoms with van der Waals surface area (Å²) in [6, 6.07) is 3.72. The molecule has 1 aliphatic rings. The average Bonchev–Trinajstić information content (AvgIpc) is 2.87. The van der Waals surface area contributed by atoms with Crippen LogP contribution in [0.25, 0.3) is 5.69 Å². The fourth-order valence-electron chi connectivity index (χ4n) is 1.90. The third-order valence-electron chi connectivity index (χ3n) is 3.17. The molecule has 0 spiro atoms. The average molecular weight is 257 g/mol. The summed E-state index contributed by atoms with van der Waals surface area (Å²) in [6.07, 6.45) is 6.69. The molecule has 2 N–H and O–H groups in total. The summed E-state index contributed by atoms with van der Waals surface area (Å²) < 4.78 is 1.65. The van der Waals surface area contributed by atoms with Gasteiger partial charge in [0.25, 0.3) is 5.91 Å². The molecular formula is C13H15N5O. The molecule has 0 bridgehead atoms. The molecule has 98 valence electrons. The van der Waals surface area contributed by atoms with Crippen molar-refractivity contribution < 1.29 is 4.79 Å². The first-order valence-corrected chi connectivity index (χ1v) is 6.27. The topological polar surface area (TPSA) is 71.8 Å². The molecule has 0 saturated carbocycles. The Morgan fingerprint density at radius 3 is 3.05 bits per heavy atom. The van der Waals surface area contributed by atoms with Gasteiger partial charge in [0.15, 0.2) is 0 Å². The third-order valence-corrected chi connectivity index (χ3v) is 3.17. The van der Waals surface area contributed by atoms with E-state index in [0.717, 1.165) is 18.8 Å². The van der Waals surface area contributed by atoms with E-state index < -0.39 is 0 Å². The van der Waals surface area contributed by atoms with Crippen molar-refractivity contribution in [3.05, 3.63) is 42.5 Å². The zero-order valence-corrected chi connectivity index (χ0v) is 10.4. The molecule has 6 heteroatoms. The van der Waals surface area contributed by atoms with Gasteiger partial charge in [0.1, 0.15) is 0 Å². The molecule has 1 aliphatic heterocycles. The lowest BCUT2D eigenvalue weighted by atomic mass is 10.0. The molecule has 0 unspecified atom stereocenters. The van der Waals surface area contributed by atoms with E-state index in [1.54, 1.807) is 29.5 Å². The minimum atomic E-state index is -0.0814. The number of hydrogen-bond donors (Lipinski definition) is 2. The molecule has 0 atom stereocenters. The zero-order chi connectivity index (χ0) is 13.1. The quantitative estimate of drug-likeness (QED) is 0.821. The van der Waals surface area contributed by atoms with E-state index in [2.05, 4.69) is 20.7 Å². The van der Waals surface area contributed by atoms with E-state index in [9.17, 15) is 4.79 Å². The molecule has 1 saturated heterocycles. The number of amides is 1. The maximum atomic E-state index is 11.9. The van der Waals surface area contributed by atoms with Crippen LogP contribution in [0.4, 0.5) is 0 Å². The summed E-state index contributed by atoms with van der Waals surface area (Å²) in [6.45, 7) is 2.67. The van der Waals surface area contributed by atoms with E-state index in [0.29, 0.717) is 18.0 Å². The summed E-state index contributed by atoms with van der Waals surface area (Å²) in [5.74, 6) is 0.472. The Kier molecular flexibility index (Phi) is 3.24. The van der Waals surface area contributed by atoms with Crippen molar-refractivity contribution in [2.24, 2.45) is 5.92 Å². The fraction of sp³-hybridized carbons (Fsp3) is 0.308. The minimum Gasteiger partial charge on any atom is -0.352 e. The lowest BCUT2D eigenvalue weighted by molar-refractivity contribution is 0.0942. The van der Waals surface area contributed by atoms with Crippen LogP contribution in [0.15, 0.2) is 36.9 Å². The Morgan fingerprint density at radius 2 is 2.37 bits per heavy atom. The standard InChI is InChI=1S/C13H15N5O/c19-13(16-6-10-4-15-5-10)11-7-17-18(9-11)12-2-1-3-14-8-12/h1-3,7-10,15H,4-6H2,(H,16,19). The highest BCUT2D eigenvalue weighted by atomic mass is 16.1. The Bertz CT molecular complexity index is 561. The van der Waals surface area contributed by atoms with E-state index in [4.69, 9.17) is 0 Å². The van der Waals surface area contributed by atoms with Gasteiger partial charge in [-0.05, 0) is 12.1 Å². The second-order valence-corrected chi connectivity index (χ2v) is 4.62. The van der Waals surface area contributed by atoms with E-state index in [1.165, 1.54) is 0 Å². The van der Waals surface area contributed by atoms with Crippen molar-refractivity contribution in [1.29, 1.82) is 0 Å². The van der Waals surface area contributed by atoms with Crippen LogP contribution in [0.5, 0.6) is 0 Å². The van der Waals surface area contributed by atoms with Crippen molar-refractivity contribution in [2.75, 3.05) is 19.6 Å². The first-order valence-electron chi connectivity index (χ1n) is 6.27. The molecule has 0 aromatic carbocycles. The van der Waals surface area contributed by atoms with Crippen LogP contribution in [0, 0.1) is 5.92 Å². The fourth-order valence-corrected chi connectivity index (χ4v) is 1.90. The molecule has 1 amide bonds. The van der Waals surface area contributed by atoms with Gasteiger partial charge in [0.05, 0.1) is 23.6 Å². The van der Waals surface area contributed by atoms with Crippen LogP contribution in [-0.4, -0.2) is 40.3 Å². The lowest BCUT2D eigenvalue weighted by Crippen LogP contribution is -2.48. The van der Waals surface area contributed by atoms with Gasteiger partial charge < -0.3 is 10.6 Å². The predicted molar refractivity (Wildman–Crippen MR) is 70.1 cm³/mol. The first kappa shape index (κ1) is 11.9. The van der Waals surface area contributed by atoms with Gasteiger partial charge in [-0.3, -0.25) is 9.78 Å². The van der Waals surface area contributed by atoms with Gasteiger partial charge in [-0.2, -0.15) is 5.10 Å². The number of nitrogens with one attached hydrogen (secondary N) is 2. The Labute approximate surface area is 110 Å². The van der Waals surface area contributed by atoms with Crippen molar-refractivity contribution >= 4 is 5.91 Å². The molecule has 2 aromatic heterocycles. The maximum absolute atomic E-state index is 11.9. The van der Waals surface area contributed by atoms with Crippen LogP contribution >= 0.6 is 0 Å². The van der Waals surface area contributed by atoms with Crippen molar-refractivity contribution in [3.63, 3.8) is 0 Å². The highest BCUT2D eigenvalue weighted by Gasteiger charge is 2.18. The molecule has 19 heavy (non-hydrogen) atoms. The highest BCUT2D eigenvalue weighted by molar-refractivity contribution is 5.93. The van der Waals surface area contributed by atoms with Gasteiger partial charge in [0, 0.05) is 37.9 Å². The van der Waals surface area contributed by atoms with Gasteiger partial charge in [0.2, 0.25) is 0 Å². The number of nitrogens with zero attached hydrogens (tertiary/aromatic N) is 3. The van der Waals surface area contributed by atoms with E-state index >= 15 is 0 Å².